The Hall–Kier alpha value is -1.08. The molecule has 1 unspecified atom stereocenters. The lowest BCUT2D eigenvalue weighted by Crippen LogP contribution is -2.33. The van der Waals surface area contributed by atoms with E-state index in [1.807, 2.05) is 13.8 Å². The normalized spacial score (nSPS) is 21.8. The molecule has 14 heavy (non-hydrogen) atoms. The highest BCUT2D eigenvalue weighted by molar-refractivity contribution is 5.78. The van der Waals surface area contributed by atoms with Gasteiger partial charge >= 0.3 is 0 Å². The Bertz CT molecular complexity index is 255. The van der Waals surface area contributed by atoms with Crippen molar-refractivity contribution in [3.63, 3.8) is 0 Å². The molecule has 1 fully saturated rings. The number of hydrogen-bond donors (Lipinski definition) is 2. The van der Waals surface area contributed by atoms with Crippen molar-refractivity contribution in [1.82, 2.24) is 10.6 Å². The van der Waals surface area contributed by atoms with E-state index in [1.54, 1.807) is 0 Å². The monoisotopic (exact) mass is 195 g/mol. The van der Waals surface area contributed by atoms with Crippen molar-refractivity contribution in [2.75, 3.05) is 13.1 Å². The molecule has 78 valence electrons. The lowest BCUT2D eigenvalue weighted by atomic mass is 9.91. The molecule has 0 spiro atoms. The molecule has 1 heterocycles. The van der Waals surface area contributed by atoms with Crippen molar-refractivity contribution in [1.29, 1.82) is 5.26 Å². The molecule has 0 radical (unpaired) electrons. The highest BCUT2D eigenvalue weighted by Crippen LogP contribution is 2.17. The van der Waals surface area contributed by atoms with Crippen LogP contribution in [0.5, 0.6) is 0 Å². The molecule has 0 aromatic heterocycles. The predicted molar refractivity (Wildman–Crippen MR) is 53.4 cm³/mol. The number of rotatable bonds is 4. The first-order chi connectivity index (χ1) is 6.53. The van der Waals surface area contributed by atoms with Gasteiger partial charge in [0.1, 0.15) is 0 Å². The van der Waals surface area contributed by atoms with Gasteiger partial charge in [0.05, 0.1) is 11.5 Å². The Balaban J connectivity index is 2.16. The van der Waals surface area contributed by atoms with Crippen LogP contribution in [0.15, 0.2) is 0 Å². The van der Waals surface area contributed by atoms with Gasteiger partial charge in [0.25, 0.3) is 0 Å². The van der Waals surface area contributed by atoms with Gasteiger partial charge in [0, 0.05) is 19.0 Å². The second kappa shape index (κ2) is 4.43. The van der Waals surface area contributed by atoms with Crippen LogP contribution in [-0.2, 0) is 4.79 Å². The first kappa shape index (κ1) is 11.0. The largest absolute Gasteiger partial charge is 0.354 e. The molecule has 2 N–H and O–H groups in total. The molecular formula is C10H17N3O. The Morgan fingerprint density at radius 2 is 2.43 bits per heavy atom. The van der Waals surface area contributed by atoms with Gasteiger partial charge in [-0.25, -0.2) is 0 Å². The van der Waals surface area contributed by atoms with E-state index in [4.69, 9.17) is 5.26 Å². The highest BCUT2D eigenvalue weighted by atomic mass is 16.1. The molecule has 0 bridgehead atoms. The summed E-state index contributed by atoms with van der Waals surface area (Å²) >= 11 is 0. The minimum Gasteiger partial charge on any atom is -0.354 e. The zero-order valence-corrected chi connectivity index (χ0v) is 8.76. The summed E-state index contributed by atoms with van der Waals surface area (Å²) in [6.45, 7) is 5.35. The third-order valence-electron chi connectivity index (χ3n) is 2.46. The van der Waals surface area contributed by atoms with Gasteiger partial charge in [-0.3, -0.25) is 4.79 Å². The molecule has 0 aromatic carbocycles. The maximum atomic E-state index is 10.9. The summed E-state index contributed by atoms with van der Waals surface area (Å²) in [5.74, 6) is 0.113. The molecule has 0 aromatic rings. The third kappa shape index (κ3) is 3.35. The molecule has 0 saturated carbocycles. The minimum atomic E-state index is -0.275. The molecule has 1 amide bonds. The highest BCUT2D eigenvalue weighted by Gasteiger charge is 2.22. The van der Waals surface area contributed by atoms with Crippen LogP contribution in [0.3, 0.4) is 0 Å². The van der Waals surface area contributed by atoms with Crippen LogP contribution in [0.25, 0.3) is 0 Å². The van der Waals surface area contributed by atoms with Gasteiger partial charge in [-0.05, 0) is 26.8 Å². The molecule has 1 atom stereocenters. The average molecular weight is 195 g/mol. The number of carbonyl (C=O) groups excluding carboxylic acids is 1. The lowest BCUT2D eigenvalue weighted by Gasteiger charge is -2.17. The van der Waals surface area contributed by atoms with E-state index in [-0.39, 0.29) is 17.4 Å². The van der Waals surface area contributed by atoms with Crippen LogP contribution in [0.4, 0.5) is 0 Å². The SMILES string of the molecule is CC(C)(C#N)CCNC1CNC(=O)C1. The van der Waals surface area contributed by atoms with Crippen molar-refractivity contribution >= 4 is 5.91 Å². The fraction of sp³-hybridized carbons (Fsp3) is 0.800. The van der Waals surface area contributed by atoms with Crippen molar-refractivity contribution in [2.24, 2.45) is 5.41 Å². The zero-order chi connectivity index (χ0) is 10.6. The predicted octanol–water partition coefficient (Wildman–Crippen LogP) is 0.404. The van der Waals surface area contributed by atoms with E-state index < -0.39 is 0 Å². The molecule has 0 aliphatic carbocycles. The smallest absolute Gasteiger partial charge is 0.221 e. The lowest BCUT2D eigenvalue weighted by molar-refractivity contribution is -0.119. The molecule has 4 heteroatoms. The van der Waals surface area contributed by atoms with E-state index >= 15 is 0 Å². The first-order valence-corrected chi connectivity index (χ1v) is 4.95. The van der Waals surface area contributed by atoms with Gasteiger partial charge in [0.15, 0.2) is 0 Å². The standard InChI is InChI=1S/C10H17N3O/c1-10(2,7-11)3-4-12-8-5-9(14)13-6-8/h8,12H,3-6H2,1-2H3,(H,13,14). The molecule has 1 aliphatic rings. The van der Waals surface area contributed by atoms with Gasteiger partial charge < -0.3 is 10.6 Å². The van der Waals surface area contributed by atoms with E-state index in [2.05, 4.69) is 16.7 Å². The molecule has 4 nitrogen and oxygen atoms in total. The van der Waals surface area contributed by atoms with E-state index in [1.165, 1.54) is 0 Å². The maximum Gasteiger partial charge on any atom is 0.221 e. The molecular weight excluding hydrogens is 178 g/mol. The average Bonchev–Trinajstić information content (AvgIpc) is 2.51. The quantitative estimate of drug-likeness (QED) is 0.682. The van der Waals surface area contributed by atoms with Crippen molar-refractivity contribution in [3.8, 4) is 6.07 Å². The molecule has 1 aliphatic heterocycles. The van der Waals surface area contributed by atoms with Crippen LogP contribution in [0.1, 0.15) is 26.7 Å². The van der Waals surface area contributed by atoms with E-state index in [9.17, 15) is 4.79 Å². The summed E-state index contributed by atoms with van der Waals surface area (Å²) < 4.78 is 0. The van der Waals surface area contributed by atoms with Gasteiger partial charge in [-0.15, -0.1) is 0 Å². The summed E-state index contributed by atoms with van der Waals surface area (Å²) in [6.07, 6.45) is 1.38. The fourth-order valence-electron chi connectivity index (χ4n) is 1.39. The Labute approximate surface area is 84.7 Å². The third-order valence-corrected chi connectivity index (χ3v) is 2.46. The van der Waals surface area contributed by atoms with Gasteiger partial charge in [0.2, 0.25) is 5.91 Å². The van der Waals surface area contributed by atoms with Crippen LogP contribution in [0.2, 0.25) is 0 Å². The van der Waals surface area contributed by atoms with Crippen LogP contribution in [0, 0.1) is 16.7 Å². The van der Waals surface area contributed by atoms with Crippen LogP contribution < -0.4 is 10.6 Å². The topological polar surface area (TPSA) is 64.9 Å². The van der Waals surface area contributed by atoms with Crippen LogP contribution in [-0.4, -0.2) is 25.0 Å². The number of carbonyl (C=O) groups is 1. The summed E-state index contributed by atoms with van der Waals surface area (Å²) in [7, 11) is 0. The fourth-order valence-corrected chi connectivity index (χ4v) is 1.39. The van der Waals surface area contributed by atoms with Crippen molar-refractivity contribution < 1.29 is 4.79 Å². The van der Waals surface area contributed by atoms with Crippen molar-refractivity contribution in [3.05, 3.63) is 0 Å². The molecule has 1 rings (SSSR count). The number of nitrogens with one attached hydrogen (secondary N) is 2. The number of amides is 1. The second-order valence-corrected chi connectivity index (χ2v) is 4.40. The Morgan fingerprint density at radius 3 is 2.93 bits per heavy atom. The van der Waals surface area contributed by atoms with E-state index in [0.717, 1.165) is 13.0 Å². The summed E-state index contributed by atoms with van der Waals surface area (Å²) in [4.78, 5) is 10.9. The first-order valence-electron chi connectivity index (χ1n) is 4.95. The number of nitrogens with zero attached hydrogens (tertiary/aromatic N) is 1. The number of hydrogen-bond acceptors (Lipinski definition) is 3. The van der Waals surface area contributed by atoms with E-state index in [0.29, 0.717) is 13.0 Å². The maximum absolute atomic E-state index is 10.9. The van der Waals surface area contributed by atoms with Gasteiger partial charge in [-0.1, -0.05) is 0 Å². The zero-order valence-electron chi connectivity index (χ0n) is 8.76. The van der Waals surface area contributed by atoms with Crippen LogP contribution >= 0.6 is 0 Å². The summed E-state index contributed by atoms with van der Waals surface area (Å²) in [5.41, 5.74) is -0.275. The number of nitriles is 1. The second-order valence-electron chi connectivity index (χ2n) is 4.40. The Morgan fingerprint density at radius 1 is 1.71 bits per heavy atom. The Kier molecular flexibility index (Phi) is 3.48. The summed E-state index contributed by atoms with van der Waals surface area (Å²) in [6, 6.07) is 2.50. The summed E-state index contributed by atoms with van der Waals surface area (Å²) in [5, 5.41) is 14.8. The minimum absolute atomic E-state index is 0.113. The van der Waals surface area contributed by atoms with Crippen molar-refractivity contribution in [2.45, 2.75) is 32.7 Å². The van der Waals surface area contributed by atoms with Gasteiger partial charge in [-0.2, -0.15) is 5.26 Å². The molecule has 1 saturated heterocycles.